The molecule has 1 unspecified atom stereocenters. The van der Waals surface area contributed by atoms with Gasteiger partial charge in [-0.1, -0.05) is 0 Å². The van der Waals surface area contributed by atoms with Crippen molar-refractivity contribution in [2.45, 2.75) is 25.4 Å². The zero-order valence-corrected chi connectivity index (χ0v) is 8.92. The minimum Gasteiger partial charge on any atom is -0.377 e. The third-order valence-corrected chi connectivity index (χ3v) is 4.22. The van der Waals surface area contributed by atoms with Crippen LogP contribution in [0.25, 0.3) is 0 Å². The van der Waals surface area contributed by atoms with Crippen molar-refractivity contribution in [2.75, 3.05) is 26.2 Å². The van der Waals surface area contributed by atoms with E-state index in [1.807, 2.05) is 0 Å². The van der Waals surface area contributed by atoms with Gasteiger partial charge in [-0.2, -0.15) is 12.7 Å². The van der Waals surface area contributed by atoms with Crippen molar-refractivity contribution in [2.24, 2.45) is 0 Å². The molecule has 0 aromatic carbocycles. The molecule has 1 N–H and O–H groups in total. The molecule has 14 heavy (non-hydrogen) atoms. The Balaban J connectivity index is 1.94. The van der Waals surface area contributed by atoms with Gasteiger partial charge in [0.05, 0.1) is 6.10 Å². The van der Waals surface area contributed by atoms with Crippen molar-refractivity contribution in [1.82, 2.24) is 9.03 Å². The highest BCUT2D eigenvalue weighted by Crippen LogP contribution is 2.16. The van der Waals surface area contributed by atoms with E-state index < -0.39 is 10.2 Å². The summed E-state index contributed by atoms with van der Waals surface area (Å²) in [5.41, 5.74) is 0. The molecule has 6 heteroatoms. The Hall–Kier alpha value is -0.170. The molecule has 2 heterocycles. The van der Waals surface area contributed by atoms with Gasteiger partial charge in [-0.25, -0.2) is 4.72 Å². The fraction of sp³-hybridized carbons (Fsp3) is 1.00. The summed E-state index contributed by atoms with van der Waals surface area (Å²) in [5.74, 6) is 0. The predicted octanol–water partition coefficient (Wildman–Crippen LogP) is -0.294. The summed E-state index contributed by atoms with van der Waals surface area (Å²) in [6.07, 6.45) is 3.01. The first-order chi connectivity index (χ1) is 6.68. The normalized spacial score (nSPS) is 33.3. The van der Waals surface area contributed by atoms with Crippen LogP contribution in [-0.4, -0.2) is 45.1 Å². The van der Waals surface area contributed by atoms with Crippen LogP contribution in [0.1, 0.15) is 19.3 Å². The van der Waals surface area contributed by atoms with E-state index in [2.05, 4.69) is 4.72 Å². The Kier molecular flexibility index (Phi) is 3.06. The van der Waals surface area contributed by atoms with Crippen LogP contribution >= 0.6 is 0 Å². The summed E-state index contributed by atoms with van der Waals surface area (Å²) < 4.78 is 32.5. The van der Waals surface area contributed by atoms with Crippen LogP contribution in [0.15, 0.2) is 0 Å². The molecule has 2 aliphatic rings. The smallest absolute Gasteiger partial charge is 0.279 e. The summed E-state index contributed by atoms with van der Waals surface area (Å²) in [6, 6.07) is 0. The fourth-order valence-electron chi connectivity index (χ4n) is 1.87. The first kappa shape index (κ1) is 10.4. The third kappa shape index (κ3) is 2.25. The molecule has 2 rings (SSSR count). The molecule has 0 amide bonds. The molecule has 0 saturated carbocycles. The monoisotopic (exact) mass is 220 g/mol. The molecular formula is C8H16N2O3S. The first-order valence-corrected chi connectivity index (χ1v) is 6.49. The summed E-state index contributed by atoms with van der Waals surface area (Å²) in [7, 11) is -3.21. The van der Waals surface area contributed by atoms with Gasteiger partial charge in [-0.05, 0) is 19.3 Å². The van der Waals surface area contributed by atoms with Crippen LogP contribution in [-0.2, 0) is 14.9 Å². The number of nitrogens with one attached hydrogen (secondary N) is 1. The zero-order valence-electron chi connectivity index (χ0n) is 8.11. The maximum Gasteiger partial charge on any atom is 0.279 e. The lowest BCUT2D eigenvalue weighted by molar-refractivity contribution is 0.0922. The van der Waals surface area contributed by atoms with Gasteiger partial charge in [0.25, 0.3) is 10.2 Å². The Morgan fingerprint density at radius 3 is 2.93 bits per heavy atom. The van der Waals surface area contributed by atoms with Crippen LogP contribution in [0.2, 0.25) is 0 Å². The van der Waals surface area contributed by atoms with Crippen molar-refractivity contribution < 1.29 is 13.2 Å². The fourth-order valence-corrected chi connectivity index (χ4v) is 3.19. The third-order valence-electron chi connectivity index (χ3n) is 2.64. The topological polar surface area (TPSA) is 58.6 Å². The van der Waals surface area contributed by atoms with E-state index in [9.17, 15) is 8.42 Å². The molecule has 0 aliphatic carbocycles. The van der Waals surface area contributed by atoms with Crippen molar-refractivity contribution >= 4 is 10.2 Å². The quantitative estimate of drug-likeness (QED) is 0.695. The maximum absolute atomic E-state index is 11.5. The van der Waals surface area contributed by atoms with Gasteiger partial charge in [0.15, 0.2) is 0 Å². The summed E-state index contributed by atoms with van der Waals surface area (Å²) in [4.78, 5) is 0. The number of rotatable bonds is 2. The molecule has 0 bridgehead atoms. The summed E-state index contributed by atoms with van der Waals surface area (Å²) in [6.45, 7) is 2.46. The second-order valence-corrected chi connectivity index (χ2v) is 5.50. The molecule has 82 valence electrons. The summed E-state index contributed by atoms with van der Waals surface area (Å²) in [5, 5.41) is 0. The average Bonchev–Trinajstić information content (AvgIpc) is 2.61. The highest BCUT2D eigenvalue weighted by molar-refractivity contribution is 7.87. The van der Waals surface area contributed by atoms with Gasteiger partial charge in [0, 0.05) is 26.2 Å². The lowest BCUT2D eigenvalue weighted by Crippen LogP contribution is -2.49. The van der Waals surface area contributed by atoms with Crippen LogP contribution < -0.4 is 4.72 Å². The van der Waals surface area contributed by atoms with Gasteiger partial charge >= 0.3 is 0 Å². The molecular weight excluding hydrogens is 204 g/mol. The number of hydrogen-bond donors (Lipinski definition) is 1. The van der Waals surface area contributed by atoms with Crippen molar-refractivity contribution in [3.63, 3.8) is 0 Å². The van der Waals surface area contributed by atoms with Gasteiger partial charge in [0.1, 0.15) is 0 Å². The highest BCUT2D eigenvalue weighted by Gasteiger charge is 2.29. The van der Waals surface area contributed by atoms with Gasteiger partial charge in [-0.15, -0.1) is 0 Å². The molecule has 0 spiro atoms. The zero-order chi connectivity index (χ0) is 10.0. The molecule has 0 aromatic rings. The Morgan fingerprint density at radius 1 is 1.43 bits per heavy atom. The second kappa shape index (κ2) is 4.14. The van der Waals surface area contributed by atoms with E-state index in [4.69, 9.17) is 4.74 Å². The van der Waals surface area contributed by atoms with E-state index >= 15 is 0 Å². The second-order valence-electron chi connectivity index (χ2n) is 3.75. The summed E-state index contributed by atoms with van der Waals surface area (Å²) >= 11 is 0. The van der Waals surface area contributed by atoms with Crippen LogP contribution in [0.3, 0.4) is 0 Å². The molecule has 5 nitrogen and oxygen atoms in total. The van der Waals surface area contributed by atoms with Gasteiger partial charge in [0.2, 0.25) is 0 Å². The Bertz CT molecular complexity index is 285. The van der Waals surface area contributed by atoms with E-state index in [-0.39, 0.29) is 6.10 Å². The van der Waals surface area contributed by atoms with Crippen molar-refractivity contribution in [1.29, 1.82) is 0 Å². The SMILES string of the molecule is O=S1(=O)NCCCN1CC1CCCO1. The van der Waals surface area contributed by atoms with Crippen molar-refractivity contribution in [3.8, 4) is 0 Å². The molecule has 2 saturated heterocycles. The first-order valence-electron chi connectivity index (χ1n) is 5.05. The standard InChI is InChI=1S/C8H16N2O3S/c11-14(12)9-4-2-5-10(14)7-8-3-1-6-13-8/h8-9H,1-7H2. The predicted molar refractivity (Wildman–Crippen MR) is 52.1 cm³/mol. The lowest BCUT2D eigenvalue weighted by atomic mass is 10.2. The number of hydrogen-bond acceptors (Lipinski definition) is 3. The van der Waals surface area contributed by atoms with Gasteiger partial charge in [-0.3, -0.25) is 0 Å². The minimum absolute atomic E-state index is 0.102. The van der Waals surface area contributed by atoms with E-state index in [0.29, 0.717) is 19.6 Å². The largest absolute Gasteiger partial charge is 0.377 e. The van der Waals surface area contributed by atoms with E-state index in [1.54, 1.807) is 0 Å². The maximum atomic E-state index is 11.5. The minimum atomic E-state index is -3.21. The van der Waals surface area contributed by atoms with Gasteiger partial charge < -0.3 is 4.74 Å². The molecule has 0 aromatic heterocycles. The van der Waals surface area contributed by atoms with E-state index in [1.165, 1.54) is 4.31 Å². The number of nitrogens with zero attached hydrogens (tertiary/aromatic N) is 1. The molecule has 2 aliphatic heterocycles. The van der Waals surface area contributed by atoms with Crippen LogP contribution in [0.4, 0.5) is 0 Å². The lowest BCUT2D eigenvalue weighted by Gasteiger charge is -2.28. The van der Waals surface area contributed by atoms with Crippen molar-refractivity contribution in [3.05, 3.63) is 0 Å². The average molecular weight is 220 g/mol. The van der Waals surface area contributed by atoms with E-state index in [0.717, 1.165) is 25.9 Å². The highest BCUT2D eigenvalue weighted by atomic mass is 32.2. The van der Waals surface area contributed by atoms with Crippen LogP contribution in [0.5, 0.6) is 0 Å². The Labute approximate surface area is 84.6 Å². The molecule has 1 atom stereocenters. The molecule has 0 radical (unpaired) electrons. The number of ether oxygens (including phenoxy) is 1. The Morgan fingerprint density at radius 2 is 2.29 bits per heavy atom. The van der Waals surface area contributed by atoms with Crippen LogP contribution in [0, 0.1) is 0 Å². The molecule has 2 fully saturated rings.